The number of benzene rings is 1. The highest BCUT2D eigenvalue weighted by Gasteiger charge is 2.14. The lowest BCUT2D eigenvalue weighted by Gasteiger charge is -2.32. The molecule has 28 heavy (non-hydrogen) atoms. The van der Waals surface area contributed by atoms with E-state index in [0.717, 1.165) is 49.7 Å². The summed E-state index contributed by atoms with van der Waals surface area (Å²) in [4.78, 5) is 20.9. The molecule has 2 N–H and O–H groups in total. The van der Waals surface area contributed by atoms with E-state index in [-0.39, 0.29) is 0 Å². The van der Waals surface area contributed by atoms with Crippen LogP contribution in [0.5, 0.6) is 5.75 Å². The minimum atomic E-state index is -0.480. The minimum Gasteiger partial charge on any atom is -0.492 e. The van der Waals surface area contributed by atoms with Crippen molar-refractivity contribution in [1.82, 2.24) is 19.2 Å². The third-order valence-electron chi connectivity index (χ3n) is 5.17. The maximum atomic E-state index is 11.6. The molecule has 2 aromatic heterocycles. The van der Waals surface area contributed by atoms with Crippen LogP contribution in [0.15, 0.2) is 48.8 Å². The molecular formula is C21H25N5O2. The molecule has 0 spiro atoms. The summed E-state index contributed by atoms with van der Waals surface area (Å²) in [6.45, 7) is 6.05. The number of amides is 1. The van der Waals surface area contributed by atoms with Crippen molar-refractivity contribution in [2.24, 2.45) is 5.73 Å². The van der Waals surface area contributed by atoms with Gasteiger partial charge in [-0.05, 0) is 43.4 Å². The Morgan fingerprint density at radius 3 is 2.61 bits per heavy atom. The van der Waals surface area contributed by atoms with Gasteiger partial charge in [0.15, 0.2) is 0 Å². The number of piperazine rings is 1. The van der Waals surface area contributed by atoms with Crippen molar-refractivity contribution in [3.63, 3.8) is 0 Å². The second-order valence-corrected chi connectivity index (χ2v) is 7.16. The number of aromatic nitrogens is 2. The highest BCUT2D eigenvalue weighted by Crippen LogP contribution is 2.23. The molecule has 7 heteroatoms. The van der Waals surface area contributed by atoms with Crippen LogP contribution in [0.25, 0.3) is 16.9 Å². The molecule has 0 saturated carbocycles. The van der Waals surface area contributed by atoms with Gasteiger partial charge >= 0.3 is 0 Å². The average molecular weight is 379 g/mol. The van der Waals surface area contributed by atoms with Gasteiger partial charge in [-0.2, -0.15) is 0 Å². The highest BCUT2D eigenvalue weighted by atomic mass is 16.5. The number of fused-ring (bicyclic) bond motifs is 1. The largest absolute Gasteiger partial charge is 0.492 e. The quantitative estimate of drug-likeness (QED) is 0.706. The van der Waals surface area contributed by atoms with Crippen LogP contribution < -0.4 is 10.5 Å². The van der Waals surface area contributed by atoms with Gasteiger partial charge in [0.1, 0.15) is 18.0 Å². The van der Waals surface area contributed by atoms with Crippen LogP contribution in [0, 0.1) is 0 Å². The topological polar surface area (TPSA) is 76.1 Å². The summed E-state index contributed by atoms with van der Waals surface area (Å²) in [6, 6.07) is 11.4. The van der Waals surface area contributed by atoms with Gasteiger partial charge in [0, 0.05) is 50.7 Å². The molecule has 3 aromatic rings. The number of hydrogen-bond donors (Lipinski definition) is 1. The first-order valence-corrected chi connectivity index (χ1v) is 9.52. The Kier molecular flexibility index (Phi) is 5.27. The second-order valence-electron chi connectivity index (χ2n) is 7.16. The SMILES string of the molecule is CN1CCN(CCOc2ccc(-c3cn4cccc(C(N)=O)c4n3)cc2)CC1. The minimum absolute atomic E-state index is 0.414. The number of rotatable bonds is 6. The van der Waals surface area contributed by atoms with Gasteiger partial charge in [0.05, 0.1) is 11.3 Å². The lowest BCUT2D eigenvalue weighted by atomic mass is 10.2. The van der Waals surface area contributed by atoms with Crippen LogP contribution in [-0.2, 0) is 0 Å². The first-order chi connectivity index (χ1) is 13.6. The fraction of sp³-hybridized carbons (Fsp3) is 0.333. The molecule has 7 nitrogen and oxygen atoms in total. The number of pyridine rings is 1. The maximum absolute atomic E-state index is 11.6. The zero-order chi connectivity index (χ0) is 19.5. The Bertz CT molecular complexity index is 959. The fourth-order valence-corrected chi connectivity index (χ4v) is 3.43. The lowest BCUT2D eigenvalue weighted by Crippen LogP contribution is -2.45. The number of primary amides is 1. The standard InChI is InChI=1S/C21H25N5O2/c1-24-9-11-25(12-10-24)13-14-28-17-6-4-16(5-7-17)19-15-26-8-2-3-18(20(22)27)21(26)23-19/h2-8,15H,9-14H2,1H3,(H2,22,27). The number of ether oxygens (including phenoxy) is 1. The molecule has 3 heterocycles. The Labute approximate surface area is 164 Å². The van der Waals surface area contributed by atoms with Gasteiger partial charge in [-0.1, -0.05) is 0 Å². The number of likely N-dealkylation sites (N-methyl/N-ethyl adjacent to an activating group) is 1. The Morgan fingerprint density at radius 1 is 1.14 bits per heavy atom. The zero-order valence-electron chi connectivity index (χ0n) is 16.0. The maximum Gasteiger partial charge on any atom is 0.252 e. The molecule has 1 fully saturated rings. The third kappa shape index (κ3) is 4.00. The van der Waals surface area contributed by atoms with Gasteiger partial charge in [-0.15, -0.1) is 0 Å². The van der Waals surface area contributed by atoms with Crippen LogP contribution in [0.4, 0.5) is 0 Å². The first kappa shape index (κ1) is 18.5. The van der Waals surface area contributed by atoms with Crippen molar-refractivity contribution < 1.29 is 9.53 Å². The predicted molar refractivity (Wildman–Crippen MR) is 109 cm³/mol. The summed E-state index contributed by atoms with van der Waals surface area (Å²) in [5, 5.41) is 0. The summed E-state index contributed by atoms with van der Waals surface area (Å²) in [5.74, 6) is 0.367. The van der Waals surface area contributed by atoms with E-state index in [2.05, 4.69) is 21.8 Å². The van der Waals surface area contributed by atoms with Crippen molar-refractivity contribution in [1.29, 1.82) is 0 Å². The summed E-state index contributed by atoms with van der Waals surface area (Å²) < 4.78 is 7.71. The number of carbonyl (C=O) groups is 1. The lowest BCUT2D eigenvalue weighted by molar-refractivity contribution is 0.100. The van der Waals surface area contributed by atoms with Gasteiger partial charge in [-0.25, -0.2) is 4.98 Å². The summed E-state index contributed by atoms with van der Waals surface area (Å²) in [5.41, 5.74) is 8.17. The van der Waals surface area contributed by atoms with Crippen LogP contribution in [0.1, 0.15) is 10.4 Å². The molecule has 4 rings (SSSR count). The molecule has 0 aliphatic carbocycles. The summed E-state index contributed by atoms with van der Waals surface area (Å²) in [7, 11) is 2.16. The normalized spacial score (nSPS) is 15.8. The van der Waals surface area contributed by atoms with Crippen LogP contribution >= 0.6 is 0 Å². The van der Waals surface area contributed by atoms with E-state index in [0.29, 0.717) is 17.8 Å². The molecule has 1 amide bonds. The zero-order valence-corrected chi connectivity index (χ0v) is 16.0. The molecule has 0 atom stereocenters. The summed E-state index contributed by atoms with van der Waals surface area (Å²) in [6.07, 6.45) is 3.75. The van der Waals surface area contributed by atoms with Crippen molar-refractivity contribution >= 4 is 11.6 Å². The van der Waals surface area contributed by atoms with E-state index in [4.69, 9.17) is 10.5 Å². The van der Waals surface area contributed by atoms with Crippen LogP contribution in [0.3, 0.4) is 0 Å². The Morgan fingerprint density at radius 2 is 1.89 bits per heavy atom. The number of carbonyl (C=O) groups excluding carboxylic acids is 1. The van der Waals surface area contributed by atoms with E-state index in [9.17, 15) is 4.79 Å². The number of hydrogen-bond acceptors (Lipinski definition) is 5. The van der Waals surface area contributed by atoms with Gasteiger partial charge < -0.3 is 19.8 Å². The van der Waals surface area contributed by atoms with Crippen LogP contribution in [-0.4, -0.2) is 71.5 Å². The molecule has 1 aromatic carbocycles. The van der Waals surface area contributed by atoms with Gasteiger partial charge in [0.25, 0.3) is 5.91 Å². The fourth-order valence-electron chi connectivity index (χ4n) is 3.43. The molecule has 1 saturated heterocycles. The molecule has 1 aliphatic heterocycles. The van der Waals surface area contributed by atoms with E-state index in [1.54, 1.807) is 12.1 Å². The third-order valence-corrected chi connectivity index (χ3v) is 5.17. The molecule has 0 radical (unpaired) electrons. The van der Waals surface area contributed by atoms with E-state index >= 15 is 0 Å². The predicted octanol–water partition coefficient (Wildman–Crippen LogP) is 1.73. The van der Waals surface area contributed by atoms with E-state index < -0.39 is 5.91 Å². The summed E-state index contributed by atoms with van der Waals surface area (Å²) >= 11 is 0. The molecule has 0 unspecified atom stereocenters. The van der Waals surface area contributed by atoms with Crippen molar-refractivity contribution in [3.8, 4) is 17.0 Å². The molecule has 146 valence electrons. The Balaban J connectivity index is 1.40. The van der Waals surface area contributed by atoms with Crippen molar-refractivity contribution in [2.75, 3.05) is 46.4 Å². The Hall–Kier alpha value is -2.90. The number of imidazole rings is 1. The van der Waals surface area contributed by atoms with Crippen molar-refractivity contribution in [3.05, 3.63) is 54.4 Å². The highest BCUT2D eigenvalue weighted by molar-refractivity contribution is 5.98. The molecule has 1 aliphatic rings. The first-order valence-electron chi connectivity index (χ1n) is 9.52. The van der Waals surface area contributed by atoms with E-state index in [1.807, 2.05) is 41.1 Å². The second kappa shape index (κ2) is 8.00. The van der Waals surface area contributed by atoms with Crippen molar-refractivity contribution in [2.45, 2.75) is 0 Å². The number of nitrogens with zero attached hydrogens (tertiary/aromatic N) is 4. The monoisotopic (exact) mass is 379 g/mol. The van der Waals surface area contributed by atoms with Gasteiger partial charge in [-0.3, -0.25) is 9.69 Å². The number of nitrogens with two attached hydrogens (primary N) is 1. The van der Waals surface area contributed by atoms with E-state index in [1.165, 1.54) is 0 Å². The smallest absolute Gasteiger partial charge is 0.252 e. The van der Waals surface area contributed by atoms with Crippen LogP contribution in [0.2, 0.25) is 0 Å². The average Bonchev–Trinajstić information content (AvgIpc) is 3.14. The van der Waals surface area contributed by atoms with Gasteiger partial charge in [0.2, 0.25) is 0 Å². The molecular weight excluding hydrogens is 354 g/mol. The molecule has 0 bridgehead atoms.